The van der Waals surface area contributed by atoms with Crippen LogP contribution in [-0.4, -0.2) is 12.1 Å². The molecule has 2 unspecified atom stereocenters. The van der Waals surface area contributed by atoms with Gasteiger partial charge in [-0.2, -0.15) is 0 Å². The SMILES string of the molecule is C#CC(C)NC1CCCC(C)(C)CC1. The predicted octanol–water partition coefficient (Wildman–Crippen LogP) is 2.96. The zero-order valence-corrected chi connectivity index (χ0v) is 9.77. The van der Waals surface area contributed by atoms with E-state index in [9.17, 15) is 0 Å². The molecule has 14 heavy (non-hydrogen) atoms. The van der Waals surface area contributed by atoms with Crippen molar-refractivity contribution in [3.63, 3.8) is 0 Å². The summed E-state index contributed by atoms with van der Waals surface area (Å²) >= 11 is 0. The van der Waals surface area contributed by atoms with Crippen molar-refractivity contribution in [2.75, 3.05) is 0 Å². The summed E-state index contributed by atoms with van der Waals surface area (Å²) in [5.41, 5.74) is 0.538. The first-order valence-corrected chi connectivity index (χ1v) is 5.76. The van der Waals surface area contributed by atoms with Crippen LogP contribution in [0, 0.1) is 17.8 Å². The van der Waals surface area contributed by atoms with Crippen LogP contribution in [0.25, 0.3) is 0 Å². The molecule has 1 N–H and O–H groups in total. The van der Waals surface area contributed by atoms with E-state index in [0.29, 0.717) is 11.5 Å². The van der Waals surface area contributed by atoms with Gasteiger partial charge in [0.1, 0.15) is 0 Å². The molecule has 0 aromatic heterocycles. The van der Waals surface area contributed by atoms with E-state index in [1.165, 1.54) is 32.1 Å². The summed E-state index contributed by atoms with van der Waals surface area (Å²) in [7, 11) is 0. The highest BCUT2D eigenvalue weighted by Gasteiger charge is 2.24. The predicted molar refractivity (Wildman–Crippen MR) is 62.1 cm³/mol. The van der Waals surface area contributed by atoms with E-state index in [1.807, 2.05) is 0 Å². The van der Waals surface area contributed by atoms with E-state index in [4.69, 9.17) is 6.42 Å². The quantitative estimate of drug-likeness (QED) is 0.525. The minimum Gasteiger partial charge on any atom is -0.301 e. The molecule has 1 aliphatic rings. The molecule has 1 heteroatoms. The molecule has 1 aliphatic carbocycles. The normalized spacial score (nSPS) is 28.9. The Labute approximate surface area is 88.7 Å². The largest absolute Gasteiger partial charge is 0.301 e. The molecule has 0 radical (unpaired) electrons. The van der Waals surface area contributed by atoms with Crippen LogP contribution < -0.4 is 5.32 Å². The van der Waals surface area contributed by atoms with E-state index < -0.39 is 0 Å². The van der Waals surface area contributed by atoms with E-state index in [0.717, 1.165) is 0 Å². The molecule has 2 atom stereocenters. The first-order chi connectivity index (χ1) is 6.53. The number of nitrogens with one attached hydrogen (secondary N) is 1. The zero-order chi connectivity index (χ0) is 10.6. The van der Waals surface area contributed by atoms with E-state index in [2.05, 4.69) is 32.0 Å². The van der Waals surface area contributed by atoms with Crippen molar-refractivity contribution >= 4 is 0 Å². The number of rotatable bonds is 2. The van der Waals surface area contributed by atoms with Crippen molar-refractivity contribution in [2.24, 2.45) is 5.41 Å². The molecule has 0 aromatic carbocycles. The molecule has 0 aliphatic heterocycles. The molecule has 0 spiro atoms. The van der Waals surface area contributed by atoms with Gasteiger partial charge in [0.15, 0.2) is 0 Å². The maximum atomic E-state index is 5.37. The lowest BCUT2D eigenvalue weighted by Gasteiger charge is -2.22. The van der Waals surface area contributed by atoms with Crippen LogP contribution in [0.5, 0.6) is 0 Å². The van der Waals surface area contributed by atoms with Gasteiger partial charge in [-0.25, -0.2) is 0 Å². The molecule has 0 aromatic rings. The van der Waals surface area contributed by atoms with Gasteiger partial charge in [-0.05, 0) is 38.0 Å². The molecule has 1 fully saturated rings. The van der Waals surface area contributed by atoms with E-state index >= 15 is 0 Å². The van der Waals surface area contributed by atoms with Gasteiger partial charge < -0.3 is 5.32 Å². The molecule has 0 bridgehead atoms. The van der Waals surface area contributed by atoms with Crippen LogP contribution in [0.2, 0.25) is 0 Å². The highest BCUT2D eigenvalue weighted by molar-refractivity contribution is 4.97. The van der Waals surface area contributed by atoms with Gasteiger partial charge in [0, 0.05) is 6.04 Å². The van der Waals surface area contributed by atoms with E-state index in [1.54, 1.807) is 0 Å². The second kappa shape index (κ2) is 4.84. The van der Waals surface area contributed by atoms with Crippen molar-refractivity contribution in [2.45, 2.75) is 65.0 Å². The maximum absolute atomic E-state index is 5.37. The Hall–Kier alpha value is -0.480. The minimum atomic E-state index is 0.223. The molecule has 0 saturated heterocycles. The molecule has 1 nitrogen and oxygen atoms in total. The fraction of sp³-hybridized carbons (Fsp3) is 0.846. The Morgan fingerprint density at radius 3 is 2.71 bits per heavy atom. The number of terminal acetylenes is 1. The third-order valence-corrected chi connectivity index (χ3v) is 3.31. The van der Waals surface area contributed by atoms with Gasteiger partial charge in [0.05, 0.1) is 6.04 Å². The Morgan fingerprint density at radius 1 is 1.36 bits per heavy atom. The van der Waals surface area contributed by atoms with Crippen LogP contribution in [0.15, 0.2) is 0 Å². The summed E-state index contributed by atoms with van der Waals surface area (Å²) in [6.45, 7) is 6.82. The molecule has 1 saturated carbocycles. The number of hydrogen-bond acceptors (Lipinski definition) is 1. The third kappa shape index (κ3) is 3.72. The van der Waals surface area contributed by atoms with Gasteiger partial charge in [0.25, 0.3) is 0 Å². The second-order valence-corrected chi connectivity index (χ2v) is 5.35. The number of hydrogen-bond donors (Lipinski definition) is 1. The van der Waals surface area contributed by atoms with Gasteiger partial charge >= 0.3 is 0 Å². The summed E-state index contributed by atoms with van der Waals surface area (Å²) in [6, 6.07) is 0.865. The average molecular weight is 193 g/mol. The van der Waals surface area contributed by atoms with Gasteiger partial charge in [-0.15, -0.1) is 6.42 Å². The highest BCUT2D eigenvalue weighted by Crippen LogP contribution is 2.33. The van der Waals surface area contributed by atoms with Crippen molar-refractivity contribution in [3.8, 4) is 12.3 Å². The lowest BCUT2D eigenvalue weighted by Crippen LogP contribution is -2.35. The minimum absolute atomic E-state index is 0.223. The van der Waals surface area contributed by atoms with Gasteiger partial charge in [-0.1, -0.05) is 26.2 Å². The van der Waals surface area contributed by atoms with Gasteiger partial charge in [0.2, 0.25) is 0 Å². The third-order valence-electron chi connectivity index (χ3n) is 3.31. The molecule has 0 heterocycles. The summed E-state index contributed by atoms with van der Waals surface area (Å²) in [6.07, 6.45) is 11.9. The Balaban J connectivity index is 2.39. The summed E-state index contributed by atoms with van der Waals surface area (Å²) in [5.74, 6) is 2.74. The van der Waals surface area contributed by atoms with Crippen molar-refractivity contribution in [1.82, 2.24) is 5.32 Å². The maximum Gasteiger partial charge on any atom is 0.0660 e. The summed E-state index contributed by atoms with van der Waals surface area (Å²) < 4.78 is 0. The smallest absolute Gasteiger partial charge is 0.0660 e. The fourth-order valence-corrected chi connectivity index (χ4v) is 2.23. The summed E-state index contributed by atoms with van der Waals surface area (Å²) in [5, 5.41) is 3.51. The average Bonchev–Trinajstić information content (AvgIpc) is 2.28. The molecule has 0 amide bonds. The van der Waals surface area contributed by atoms with Crippen LogP contribution in [0.4, 0.5) is 0 Å². The van der Waals surface area contributed by atoms with Crippen LogP contribution in [0.1, 0.15) is 52.9 Å². The lowest BCUT2D eigenvalue weighted by molar-refractivity contribution is 0.309. The standard InChI is InChI=1S/C13H23N/c1-5-11(2)14-12-7-6-9-13(3,4)10-8-12/h1,11-12,14H,6-10H2,2-4H3. The fourth-order valence-electron chi connectivity index (χ4n) is 2.23. The van der Waals surface area contributed by atoms with Crippen molar-refractivity contribution < 1.29 is 0 Å². The molecule has 1 rings (SSSR count). The molecular weight excluding hydrogens is 170 g/mol. The lowest BCUT2D eigenvalue weighted by atomic mass is 9.85. The highest BCUT2D eigenvalue weighted by atomic mass is 14.9. The summed E-state index contributed by atoms with van der Waals surface area (Å²) in [4.78, 5) is 0. The van der Waals surface area contributed by atoms with Crippen LogP contribution >= 0.6 is 0 Å². The Bertz CT molecular complexity index is 212. The topological polar surface area (TPSA) is 12.0 Å². The van der Waals surface area contributed by atoms with Crippen molar-refractivity contribution in [3.05, 3.63) is 0 Å². The van der Waals surface area contributed by atoms with E-state index in [-0.39, 0.29) is 6.04 Å². The van der Waals surface area contributed by atoms with Crippen LogP contribution in [-0.2, 0) is 0 Å². The monoisotopic (exact) mass is 193 g/mol. The Kier molecular flexibility index (Phi) is 4.01. The Morgan fingerprint density at radius 2 is 2.07 bits per heavy atom. The van der Waals surface area contributed by atoms with Crippen LogP contribution in [0.3, 0.4) is 0 Å². The first-order valence-electron chi connectivity index (χ1n) is 5.76. The molecule has 80 valence electrons. The zero-order valence-electron chi connectivity index (χ0n) is 9.77. The first kappa shape index (κ1) is 11.6. The van der Waals surface area contributed by atoms with Gasteiger partial charge in [-0.3, -0.25) is 0 Å². The molecular formula is C13H23N. The second-order valence-electron chi connectivity index (χ2n) is 5.35. The van der Waals surface area contributed by atoms with Crippen molar-refractivity contribution in [1.29, 1.82) is 0 Å².